The summed E-state index contributed by atoms with van der Waals surface area (Å²) < 4.78 is 0. The standard InChI is InChI=1S/C14H17ClN2O2/c1-9-3-2-4-11(7-9)16-17-14(19)12-6-5-10(15)8-13(12)18/h5-6,8-9,18H,2-4,7H2,1H3,(H,17,19)/b16-11+/t9-/m0/s1. The lowest BCUT2D eigenvalue weighted by Crippen LogP contribution is -2.22. The van der Waals surface area contributed by atoms with Gasteiger partial charge in [0, 0.05) is 10.7 Å². The predicted molar refractivity (Wildman–Crippen MR) is 75.7 cm³/mol. The maximum absolute atomic E-state index is 11.9. The lowest BCUT2D eigenvalue weighted by atomic mass is 9.89. The summed E-state index contributed by atoms with van der Waals surface area (Å²) in [6, 6.07) is 4.38. The summed E-state index contributed by atoms with van der Waals surface area (Å²) in [6.07, 6.45) is 4.18. The van der Waals surface area contributed by atoms with E-state index in [-0.39, 0.29) is 11.3 Å². The van der Waals surface area contributed by atoms with Gasteiger partial charge >= 0.3 is 0 Å². The predicted octanol–water partition coefficient (Wildman–Crippen LogP) is 3.34. The fourth-order valence-electron chi connectivity index (χ4n) is 2.25. The molecule has 4 nitrogen and oxygen atoms in total. The Morgan fingerprint density at radius 1 is 1.53 bits per heavy atom. The highest BCUT2D eigenvalue weighted by molar-refractivity contribution is 6.30. The van der Waals surface area contributed by atoms with Crippen molar-refractivity contribution in [2.24, 2.45) is 11.0 Å². The fraction of sp³-hybridized carbons (Fsp3) is 0.429. The first-order valence-corrected chi connectivity index (χ1v) is 6.78. The molecular weight excluding hydrogens is 264 g/mol. The number of amides is 1. The molecule has 0 heterocycles. The molecule has 0 saturated heterocycles. The molecule has 5 heteroatoms. The number of carbonyl (C=O) groups is 1. The molecule has 19 heavy (non-hydrogen) atoms. The number of phenolic OH excluding ortho intramolecular Hbond substituents is 1. The lowest BCUT2D eigenvalue weighted by Gasteiger charge is -2.18. The van der Waals surface area contributed by atoms with Gasteiger partial charge < -0.3 is 5.11 Å². The van der Waals surface area contributed by atoms with E-state index < -0.39 is 5.91 Å². The number of hydrazone groups is 1. The number of halogens is 1. The minimum absolute atomic E-state index is 0.137. The Kier molecular flexibility index (Phi) is 4.43. The Labute approximate surface area is 117 Å². The first-order valence-electron chi connectivity index (χ1n) is 6.40. The zero-order valence-corrected chi connectivity index (χ0v) is 11.6. The topological polar surface area (TPSA) is 61.7 Å². The number of nitrogens with one attached hydrogen (secondary N) is 1. The number of hydrogen-bond donors (Lipinski definition) is 2. The first kappa shape index (κ1) is 13.9. The van der Waals surface area contributed by atoms with E-state index in [1.165, 1.54) is 18.6 Å². The molecule has 1 amide bonds. The van der Waals surface area contributed by atoms with Gasteiger partial charge in [-0.15, -0.1) is 0 Å². The van der Waals surface area contributed by atoms with Crippen LogP contribution in [-0.2, 0) is 0 Å². The van der Waals surface area contributed by atoms with Crippen molar-refractivity contribution in [3.05, 3.63) is 28.8 Å². The SMILES string of the molecule is C[C@H]1CCC/C(=N\NC(=O)c2ccc(Cl)cc2O)C1. The summed E-state index contributed by atoms with van der Waals surface area (Å²) in [7, 11) is 0. The van der Waals surface area contributed by atoms with E-state index in [1.54, 1.807) is 6.07 Å². The van der Waals surface area contributed by atoms with Crippen LogP contribution in [0.5, 0.6) is 5.75 Å². The van der Waals surface area contributed by atoms with Crippen LogP contribution in [0.1, 0.15) is 43.0 Å². The molecule has 0 radical (unpaired) electrons. The average Bonchev–Trinajstić information content (AvgIpc) is 2.36. The zero-order valence-electron chi connectivity index (χ0n) is 10.8. The maximum Gasteiger partial charge on any atom is 0.275 e. The average molecular weight is 281 g/mol. The third kappa shape index (κ3) is 3.70. The van der Waals surface area contributed by atoms with E-state index in [2.05, 4.69) is 17.5 Å². The molecule has 1 aliphatic rings. The van der Waals surface area contributed by atoms with E-state index in [0.717, 1.165) is 25.0 Å². The number of carbonyl (C=O) groups excluding carboxylic acids is 1. The van der Waals surface area contributed by atoms with Gasteiger partial charge in [0.05, 0.1) is 5.56 Å². The van der Waals surface area contributed by atoms with Crippen molar-refractivity contribution in [3.8, 4) is 5.75 Å². The number of benzene rings is 1. The monoisotopic (exact) mass is 280 g/mol. The van der Waals surface area contributed by atoms with Crippen LogP contribution in [-0.4, -0.2) is 16.7 Å². The molecule has 1 atom stereocenters. The van der Waals surface area contributed by atoms with Crippen LogP contribution in [0.15, 0.2) is 23.3 Å². The highest BCUT2D eigenvalue weighted by Gasteiger charge is 2.15. The molecule has 0 bridgehead atoms. The normalized spacial score (nSPS) is 21.4. The summed E-state index contributed by atoms with van der Waals surface area (Å²) in [4.78, 5) is 11.9. The van der Waals surface area contributed by atoms with Crippen LogP contribution in [0.25, 0.3) is 0 Å². The molecule has 1 saturated carbocycles. The van der Waals surface area contributed by atoms with Gasteiger partial charge in [0.15, 0.2) is 0 Å². The van der Waals surface area contributed by atoms with Crippen LogP contribution in [0.2, 0.25) is 5.02 Å². The van der Waals surface area contributed by atoms with Crippen LogP contribution >= 0.6 is 11.6 Å². The molecule has 1 aliphatic carbocycles. The van der Waals surface area contributed by atoms with Crippen LogP contribution in [0.4, 0.5) is 0 Å². The lowest BCUT2D eigenvalue weighted by molar-refractivity contribution is 0.0952. The molecule has 0 aromatic heterocycles. The van der Waals surface area contributed by atoms with Gasteiger partial charge in [-0.3, -0.25) is 4.79 Å². The Hall–Kier alpha value is -1.55. The molecule has 0 unspecified atom stereocenters. The summed E-state index contributed by atoms with van der Waals surface area (Å²) in [5.74, 6) is 0.0652. The molecule has 0 spiro atoms. The molecule has 102 valence electrons. The maximum atomic E-state index is 11.9. The molecule has 1 fully saturated rings. The number of aromatic hydroxyl groups is 1. The summed E-state index contributed by atoms with van der Waals surface area (Å²) >= 11 is 5.72. The van der Waals surface area contributed by atoms with Crippen molar-refractivity contribution in [2.75, 3.05) is 0 Å². The van der Waals surface area contributed by atoms with Gasteiger partial charge in [-0.1, -0.05) is 18.5 Å². The summed E-state index contributed by atoms with van der Waals surface area (Å²) in [5, 5.41) is 14.2. The van der Waals surface area contributed by atoms with Crippen molar-refractivity contribution < 1.29 is 9.90 Å². The Balaban J connectivity index is 2.03. The van der Waals surface area contributed by atoms with Crippen molar-refractivity contribution in [1.82, 2.24) is 5.43 Å². The zero-order chi connectivity index (χ0) is 13.8. The third-order valence-electron chi connectivity index (χ3n) is 3.27. The minimum Gasteiger partial charge on any atom is -0.507 e. The van der Waals surface area contributed by atoms with Crippen LogP contribution in [0, 0.1) is 5.92 Å². The smallest absolute Gasteiger partial charge is 0.275 e. The molecule has 2 N–H and O–H groups in total. The van der Waals surface area contributed by atoms with Crippen molar-refractivity contribution >= 4 is 23.2 Å². The van der Waals surface area contributed by atoms with Crippen LogP contribution < -0.4 is 5.43 Å². The highest BCUT2D eigenvalue weighted by Crippen LogP contribution is 2.23. The van der Waals surface area contributed by atoms with Gasteiger partial charge in [-0.25, -0.2) is 5.43 Å². The molecule has 1 aromatic carbocycles. The fourth-order valence-corrected chi connectivity index (χ4v) is 2.42. The van der Waals surface area contributed by atoms with E-state index in [4.69, 9.17) is 11.6 Å². The summed E-state index contributed by atoms with van der Waals surface area (Å²) in [6.45, 7) is 2.18. The Morgan fingerprint density at radius 2 is 2.32 bits per heavy atom. The van der Waals surface area contributed by atoms with Crippen LogP contribution in [0.3, 0.4) is 0 Å². The number of hydrogen-bond acceptors (Lipinski definition) is 3. The van der Waals surface area contributed by atoms with E-state index in [1.807, 2.05) is 0 Å². The quantitative estimate of drug-likeness (QED) is 0.816. The van der Waals surface area contributed by atoms with Gasteiger partial charge in [0.25, 0.3) is 5.91 Å². The van der Waals surface area contributed by atoms with Crippen molar-refractivity contribution in [3.63, 3.8) is 0 Å². The minimum atomic E-state index is -0.417. The van der Waals surface area contributed by atoms with Crippen molar-refractivity contribution in [2.45, 2.75) is 32.6 Å². The van der Waals surface area contributed by atoms with E-state index in [9.17, 15) is 9.90 Å². The second-order valence-electron chi connectivity index (χ2n) is 4.98. The van der Waals surface area contributed by atoms with Crippen molar-refractivity contribution in [1.29, 1.82) is 0 Å². The second kappa shape index (κ2) is 6.06. The number of nitrogens with zero attached hydrogens (tertiary/aromatic N) is 1. The summed E-state index contributed by atoms with van der Waals surface area (Å²) in [5.41, 5.74) is 3.69. The van der Waals surface area contributed by atoms with Gasteiger partial charge in [0.1, 0.15) is 5.75 Å². The number of rotatable bonds is 2. The van der Waals surface area contributed by atoms with Gasteiger partial charge in [0.2, 0.25) is 0 Å². The van der Waals surface area contributed by atoms with E-state index >= 15 is 0 Å². The molecule has 1 aromatic rings. The first-order chi connectivity index (χ1) is 9.06. The largest absolute Gasteiger partial charge is 0.507 e. The second-order valence-corrected chi connectivity index (χ2v) is 5.42. The third-order valence-corrected chi connectivity index (χ3v) is 3.50. The Bertz CT molecular complexity index is 514. The highest BCUT2D eigenvalue weighted by atomic mass is 35.5. The molecule has 2 rings (SSSR count). The molecular formula is C14H17ClN2O2. The molecule has 0 aliphatic heterocycles. The Morgan fingerprint density at radius 3 is 3.00 bits per heavy atom. The van der Waals surface area contributed by atoms with Gasteiger partial charge in [-0.05, 0) is 49.8 Å². The van der Waals surface area contributed by atoms with E-state index in [0.29, 0.717) is 10.9 Å². The van der Waals surface area contributed by atoms with Gasteiger partial charge in [-0.2, -0.15) is 5.10 Å². The number of phenols is 1.